The zero-order chi connectivity index (χ0) is 9.14. The summed E-state index contributed by atoms with van der Waals surface area (Å²) < 4.78 is 0. The summed E-state index contributed by atoms with van der Waals surface area (Å²) in [7, 11) is 0. The van der Waals surface area contributed by atoms with E-state index in [0.717, 1.165) is 11.7 Å². The van der Waals surface area contributed by atoms with Gasteiger partial charge in [-0.3, -0.25) is 0 Å². The fourth-order valence-electron chi connectivity index (χ4n) is 1.06. The lowest BCUT2D eigenvalue weighted by atomic mass is 10.2. The van der Waals surface area contributed by atoms with Crippen LogP contribution < -0.4 is 5.73 Å². The third-order valence-electron chi connectivity index (χ3n) is 2.46. The number of nitrogens with two attached hydrogens (primary N) is 1. The Bertz CT molecular complexity index is 128. The summed E-state index contributed by atoms with van der Waals surface area (Å²) in [6, 6.07) is 0.358. The van der Waals surface area contributed by atoms with E-state index in [-0.39, 0.29) is 6.10 Å². The molecule has 0 aromatic heterocycles. The second kappa shape index (κ2) is 4.49. The Kier molecular flexibility index (Phi) is 3.87. The minimum atomic E-state index is -0.221. The van der Waals surface area contributed by atoms with E-state index in [0.29, 0.717) is 11.3 Å². The third kappa shape index (κ3) is 3.33. The highest BCUT2D eigenvalue weighted by Gasteiger charge is 2.28. The van der Waals surface area contributed by atoms with Gasteiger partial charge in [0.15, 0.2) is 0 Å². The zero-order valence-electron chi connectivity index (χ0n) is 7.86. The molecule has 1 aliphatic carbocycles. The van der Waals surface area contributed by atoms with Crippen LogP contribution in [0.1, 0.15) is 26.7 Å². The lowest BCUT2D eigenvalue weighted by Gasteiger charge is -2.16. The highest BCUT2D eigenvalue weighted by Crippen LogP contribution is 2.33. The standard InChI is InChI=1S/C9H19NOS/c1-6(11)7(2)12-5-9(10)8-3-4-8/h6-9,11H,3-5,10H2,1-2H3. The topological polar surface area (TPSA) is 46.2 Å². The summed E-state index contributed by atoms with van der Waals surface area (Å²) in [5, 5.41) is 9.54. The number of aliphatic hydroxyl groups is 1. The molecule has 3 unspecified atom stereocenters. The maximum Gasteiger partial charge on any atom is 0.0628 e. The van der Waals surface area contributed by atoms with E-state index < -0.39 is 0 Å². The van der Waals surface area contributed by atoms with E-state index in [4.69, 9.17) is 5.73 Å². The Morgan fingerprint density at radius 2 is 2.08 bits per heavy atom. The van der Waals surface area contributed by atoms with Crippen LogP contribution in [-0.2, 0) is 0 Å². The maximum atomic E-state index is 9.23. The normalized spacial score (nSPS) is 25.0. The first-order valence-corrected chi connectivity index (χ1v) is 5.71. The predicted molar refractivity (Wildman–Crippen MR) is 54.3 cm³/mol. The van der Waals surface area contributed by atoms with E-state index >= 15 is 0 Å². The second-order valence-electron chi connectivity index (χ2n) is 3.78. The molecule has 0 bridgehead atoms. The average molecular weight is 189 g/mol. The van der Waals surface area contributed by atoms with Crippen molar-refractivity contribution in [3.05, 3.63) is 0 Å². The maximum absolute atomic E-state index is 9.23. The van der Waals surface area contributed by atoms with Crippen molar-refractivity contribution in [2.24, 2.45) is 11.7 Å². The van der Waals surface area contributed by atoms with Crippen LogP contribution in [-0.4, -0.2) is 28.3 Å². The minimum Gasteiger partial charge on any atom is -0.392 e. The van der Waals surface area contributed by atoms with Crippen LogP contribution in [0.25, 0.3) is 0 Å². The van der Waals surface area contributed by atoms with E-state index in [2.05, 4.69) is 6.92 Å². The predicted octanol–water partition coefficient (Wildman–Crippen LogP) is 1.23. The Morgan fingerprint density at radius 1 is 1.50 bits per heavy atom. The number of rotatable bonds is 5. The molecule has 12 heavy (non-hydrogen) atoms. The number of aliphatic hydroxyl groups excluding tert-OH is 1. The molecule has 0 aromatic carbocycles. The molecule has 3 atom stereocenters. The van der Waals surface area contributed by atoms with Gasteiger partial charge in [0, 0.05) is 17.0 Å². The van der Waals surface area contributed by atoms with E-state index in [9.17, 15) is 5.11 Å². The van der Waals surface area contributed by atoms with Crippen molar-refractivity contribution in [3.8, 4) is 0 Å². The molecule has 0 aromatic rings. The number of thioether (sulfide) groups is 1. The monoisotopic (exact) mass is 189 g/mol. The summed E-state index contributed by atoms with van der Waals surface area (Å²) in [5.41, 5.74) is 5.92. The van der Waals surface area contributed by atoms with Gasteiger partial charge < -0.3 is 10.8 Å². The van der Waals surface area contributed by atoms with Crippen LogP contribution >= 0.6 is 11.8 Å². The average Bonchev–Trinajstić information content (AvgIpc) is 2.81. The molecule has 1 fully saturated rings. The van der Waals surface area contributed by atoms with Crippen LogP contribution in [0.2, 0.25) is 0 Å². The van der Waals surface area contributed by atoms with Crippen LogP contribution in [0.5, 0.6) is 0 Å². The Balaban J connectivity index is 2.07. The van der Waals surface area contributed by atoms with Gasteiger partial charge in [0.1, 0.15) is 0 Å². The quantitative estimate of drug-likeness (QED) is 0.683. The molecule has 0 spiro atoms. The van der Waals surface area contributed by atoms with Gasteiger partial charge in [0.25, 0.3) is 0 Å². The molecule has 0 aliphatic heterocycles. The summed E-state index contributed by atoms with van der Waals surface area (Å²) in [6.45, 7) is 3.88. The molecule has 0 saturated heterocycles. The largest absolute Gasteiger partial charge is 0.392 e. The highest BCUT2D eigenvalue weighted by molar-refractivity contribution is 7.99. The molecule has 2 nitrogen and oxygen atoms in total. The SMILES string of the molecule is CC(O)C(C)SCC(N)C1CC1. The molecule has 1 saturated carbocycles. The first-order chi connectivity index (χ1) is 5.61. The third-order valence-corrected chi connectivity index (χ3v) is 3.96. The molecular formula is C9H19NOS. The van der Waals surface area contributed by atoms with E-state index in [1.807, 2.05) is 6.92 Å². The molecular weight excluding hydrogens is 170 g/mol. The van der Waals surface area contributed by atoms with Crippen LogP contribution in [0.15, 0.2) is 0 Å². The smallest absolute Gasteiger partial charge is 0.0628 e. The van der Waals surface area contributed by atoms with Crippen LogP contribution in [0.4, 0.5) is 0 Å². The van der Waals surface area contributed by atoms with Crippen LogP contribution in [0, 0.1) is 5.92 Å². The Morgan fingerprint density at radius 3 is 2.50 bits per heavy atom. The van der Waals surface area contributed by atoms with Gasteiger partial charge >= 0.3 is 0 Å². The summed E-state index contributed by atoms with van der Waals surface area (Å²) in [5.74, 6) is 1.77. The summed E-state index contributed by atoms with van der Waals surface area (Å²) in [6.07, 6.45) is 2.40. The fourth-order valence-corrected chi connectivity index (χ4v) is 2.14. The molecule has 1 rings (SSSR count). The summed E-state index contributed by atoms with van der Waals surface area (Å²) in [4.78, 5) is 0. The van der Waals surface area contributed by atoms with Crippen molar-refractivity contribution in [2.75, 3.05) is 5.75 Å². The van der Waals surface area contributed by atoms with Gasteiger partial charge in [-0.1, -0.05) is 6.92 Å². The van der Waals surface area contributed by atoms with Gasteiger partial charge in [-0.15, -0.1) is 0 Å². The zero-order valence-corrected chi connectivity index (χ0v) is 8.68. The molecule has 72 valence electrons. The minimum absolute atomic E-state index is 0.221. The highest BCUT2D eigenvalue weighted by atomic mass is 32.2. The second-order valence-corrected chi connectivity index (χ2v) is 5.19. The lowest BCUT2D eigenvalue weighted by Crippen LogP contribution is -2.27. The van der Waals surface area contributed by atoms with E-state index in [1.54, 1.807) is 11.8 Å². The molecule has 3 N–H and O–H groups in total. The Hall–Kier alpha value is 0.270. The molecule has 0 radical (unpaired) electrons. The van der Waals surface area contributed by atoms with Gasteiger partial charge in [-0.25, -0.2) is 0 Å². The van der Waals surface area contributed by atoms with Gasteiger partial charge in [-0.2, -0.15) is 11.8 Å². The van der Waals surface area contributed by atoms with Crippen molar-refractivity contribution in [3.63, 3.8) is 0 Å². The first kappa shape index (κ1) is 10.4. The van der Waals surface area contributed by atoms with E-state index in [1.165, 1.54) is 12.8 Å². The van der Waals surface area contributed by atoms with Crippen molar-refractivity contribution in [1.82, 2.24) is 0 Å². The number of hydrogen-bond acceptors (Lipinski definition) is 3. The van der Waals surface area contributed by atoms with Gasteiger partial charge in [0.2, 0.25) is 0 Å². The first-order valence-electron chi connectivity index (χ1n) is 4.66. The fraction of sp³-hybridized carbons (Fsp3) is 1.00. The lowest BCUT2D eigenvalue weighted by molar-refractivity contribution is 0.196. The van der Waals surface area contributed by atoms with Crippen molar-refractivity contribution in [1.29, 1.82) is 0 Å². The van der Waals surface area contributed by atoms with Crippen molar-refractivity contribution < 1.29 is 5.11 Å². The molecule has 3 heteroatoms. The number of hydrogen-bond donors (Lipinski definition) is 2. The Labute approximate surface area is 78.9 Å². The van der Waals surface area contributed by atoms with Crippen molar-refractivity contribution in [2.45, 2.75) is 44.1 Å². The molecule has 1 aliphatic rings. The van der Waals surface area contributed by atoms with Gasteiger partial charge in [-0.05, 0) is 25.7 Å². The molecule has 0 amide bonds. The van der Waals surface area contributed by atoms with Crippen molar-refractivity contribution >= 4 is 11.8 Å². The van der Waals surface area contributed by atoms with Crippen LogP contribution in [0.3, 0.4) is 0 Å². The molecule has 0 heterocycles. The van der Waals surface area contributed by atoms with Gasteiger partial charge in [0.05, 0.1) is 6.10 Å². The summed E-state index contributed by atoms with van der Waals surface area (Å²) >= 11 is 1.79.